The number of nitrogens with zero attached hydrogens (tertiary/aromatic N) is 1. The number of fused-ring (bicyclic) bond motifs is 1. The number of halogens is 1. The summed E-state index contributed by atoms with van der Waals surface area (Å²) in [5, 5.41) is 4.12. The number of amides is 1. The van der Waals surface area contributed by atoms with E-state index < -0.39 is 0 Å². The molecule has 0 spiro atoms. The van der Waals surface area contributed by atoms with Crippen molar-refractivity contribution in [1.29, 1.82) is 0 Å². The number of para-hydroxylation sites is 1. The van der Waals surface area contributed by atoms with Gasteiger partial charge in [-0.05, 0) is 37.1 Å². The van der Waals surface area contributed by atoms with Crippen LogP contribution in [0, 0.1) is 0 Å². The van der Waals surface area contributed by atoms with Gasteiger partial charge in [-0.2, -0.15) is 0 Å². The third-order valence-electron chi connectivity index (χ3n) is 3.77. The molecule has 0 fully saturated rings. The highest BCUT2D eigenvalue weighted by Gasteiger charge is 2.18. The Kier molecular flexibility index (Phi) is 5.02. The minimum absolute atomic E-state index is 0.265. The number of nitrogen functional groups attached to an aromatic ring is 1. The number of aromatic nitrogens is 1. The van der Waals surface area contributed by atoms with Gasteiger partial charge in [-0.25, -0.2) is 4.98 Å². The Labute approximate surface area is 149 Å². The smallest absolute Gasteiger partial charge is 0.267 e. The van der Waals surface area contributed by atoms with Crippen LogP contribution in [0.15, 0.2) is 36.4 Å². The number of carbonyl (C=O) groups excluding carboxylic acids is 1. The van der Waals surface area contributed by atoms with Crippen LogP contribution in [0.2, 0.25) is 5.02 Å². The molecule has 3 rings (SSSR count). The van der Waals surface area contributed by atoms with Crippen LogP contribution in [0.1, 0.15) is 35.1 Å². The fourth-order valence-electron chi connectivity index (χ4n) is 2.44. The van der Waals surface area contributed by atoms with E-state index in [1.165, 1.54) is 11.3 Å². The number of hydrogen-bond donors (Lipinski definition) is 2. The van der Waals surface area contributed by atoms with E-state index in [1.54, 1.807) is 12.1 Å². The molecule has 0 aliphatic heterocycles. The van der Waals surface area contributed by atoms with Gasteiger partial charge < -0.3 is 11.1 Å². The molecule has 124 valence electrons. The van der Waals surface area contributed by atoms with Crippen molar-refractivity contribution in [3.8, 4) is 0 Å². The van der Waals surface area contributed by atoms with E-state index in [0.29, 0.717) is 21.3 Å². The number of thiophene rings is 1. The SMILES string of the molecule is CCCCc1ccc2c(N)c(C(=O)Nc3ccccc3Cl)sc2n1. The number of unbranched alkanes of at least 4 members (excludes halogenated alkanes) is 1. The predicted octanol–water partition coefficient (Wildman–Crippen LogP) is 5.13. The molecule has 3 N–H and O–H groups in total. The Morgan fingerprint density at radius 1 is 1.29 bits per heavy atom. The highest BCUT2D eigenvalue weighted by atomic mass is 35.5. The normalized spacial score (nSPS) is 10.9. The first-order chi connectivity index (χ1) is 11.6. The van der Waals surface area contributed by atoms with E-state index >= 15 is 0 Å². The van der Waals surface area contributed by atoms with Gasteiger partial charge in [0.25, 0.3) is 5.91 Å². The van der Waals surface area contributed by atoms with Crippen molar-refractivity contribution in [2.24, 2.45) is 0 Å². The van der Waals surface area contributed by atoms with E-state index in [0.717, 1.165) is 35.2 Å². The molecule has 0 saturated heterocycles. The summed E-state index contributed by atoms with van der Waals surface area (Å²) in [7, 11) is 0. The minimum Gasteiger partial charge on any atom is -0.397 e. The van der Waals surface area contributed by atoms with Gasteiger partial charge in [-0.1, -0.05) is 37.1 Å². The Hall–Kier alpha value is -2.11. The highest BCUT2D eigenvalue weighted by Crippen LogP contribution is 2.33. The van der Waals surface area contributed by atoms with E-state index in [9.17, 15) is 4.79 Å². The summed E-state index contributed by atoms with van der Waals surface area (Å²) in [6.45, 7) is 2.15. The van der Waals surface area contributed by atoms with Crippen LogP contribution < -0.4 is 11.1 Å². The van der Waals surface area contributed by atoms with E-state index in [4.69, 9.17) is 17.3 Å². The van der Waals surface area contributed by atoms with Crippen molar-refractivity contribution in [2.75, 3.05) is 11.1 Å². The molecular formula is C18H18ClN3OS. The Morgan fingerprint density at radius 2 is 2.08 bits per heavy atom. The van der Waals surface area contributed by atoms with Crippen LogP contribution in [0.4, 0.5) is 11.4 Å². The highest BCUT2D eigenvalue weighted by molar-refractivity contribution is 7.21. The zero-order chi connectivity index (χ0) is 17.1. The Balaban J connectivity index is 1.90. The van der Waals surface area contributed by atoms with E-state index in [2.05, 4.69) is 17.2 Å². The number of benzene rings is 1. The van der Waals surface area contributed by atoms with E-state index in [-0.39, 0.29) is 5.91 Å². The molecule has 4 nitrogen and oxygen atoms in total. The lowest BCUT2D eigenvalue weighted by Gasteiger charge is -2.05. The first kappa shape index (κ1) is 16.7. The molecule has 0 aliphatic carbocycles. The number of rotatable bonds is 5. The number of carbonyl (C=O) groups is 1. The predicted molar refractivity (Wildman–Crippen MR) is 102 cm³/mol. The molecule has 0 saturated carbocycles. The molecule has 0 aliphatic rings. The standard InChI is InChI=1S/C18H18ClN3OS/c1-2-3-6-11-9-10-12-15(20)16(24-18(12)21-11)17(23)22-14-8-5-4-7-13(14)19/h4-5,7-10H,2-3,6,20H2,1H3,(H,22,23). The largest absolute Gasteiger partial charge is 0.397 e. The molecule has 1 aromatic carbocycles. The zero-order valence-electron chi connectivity index (χ0n) is 13.3. The van der Waals surface area contributed by atoms with Crippen LogP contribution in [-0.2, 0) is 6.42 Å². The molecular weight excluding hydrogens is 342 g/mol. The summed E-state index contributed by atoms with van der Waals surface area (Å²) in [5.74, 6) is -0.265. The molecule has 0 bridgehead atoms. The van der Waals surface area contributed by atoms with Crippen molar-refractivity contribution in [3.63, 3.8) is 0 Å². The summed E-state index contributed by atoms with van der Waals surface area (Å²) in [5.41, 5.74) is 8.22. The van der Waals surface area contributed by atoms with Crippen molar-refractivity contribution in [1.82, 2.24) is 4.98 Å². The second-order valence-corrected chi connectivity index (χ2v) is 6.94. The minimum atomic E-state index is -0.265. The number of nitrogens with one attached hydrogen (secondary N) is 1. The summed E-state index contributed by atoms with van der Waals surface area (Å²) >= 11 is 7.40. The topological polar surface area (TPSA) is 68.0 Å². The Morgan fingerprint density at radius 3 is 2.83 bits per heavy atom. The van der Waals surface area contributed by atoms with Gasteiger partial charge in [-0.3, -0.25) is 4.79 Å². The summed E-state index contributed by atoms with van der Waals surface area (Å²) < 4.78 is 0. The maximum absolute atomic E-state index is 12.5. The van der Waals surface area contributed by atoms with Crippen LogP contribution in [0.25, 0.3) is 10.2 Å². The Bertz CT molecular complexity index is 891. The first-order valence-electron chi connectivity index (χ1n) is 7.84. The van der Waals surface area contributed by atoms with Gasteiger partial charge in [0.15, 0.2) is 0 Å². The first-order valence-corrected chi connectivity index (χ1v) is 9.03. The van der Waals surface area contributed by atoms with Gasteiger partial charge in [0, 0.05) is 11.1 Å². The second-order valence-electron chi connectivity index (χ2n) is 5.54. The number of nitrogens with two attached hydrogens (primary N) is 1. The lowest BCUT2D eigenvalue weighted by atomic mass is 10.1. The molecule has 3 aromatic rings. The lowest BCUT2D eigenvalue weighted by Crippen LogP contribution is -2.12. The average Bonchev–Trinajstić information content (AvgIpc) is 2.91. The quantitative estimate of drug-likeness (QED) is 0.663. The van der Waals surface area contributed by atoms with Crippen LogP contribution in [-0.4, -0.2) is 10.9 Å². The number of anilines is 2. The molecule has 1 amide bonds. The molecule has 6 heteroatoms. The average molecular weight is 360 g/mol. The number of hydrogen-bond acceptors (Lipinski definition) is 4. The van der Waals surface area contributed by atoms with Gasteiger partial charge in [-0.15, -0.1) is 11.3 Å². The van der Waals surface area contributed by atoms with Crippen molar-refractivity contribution in [2.45, 2.75) is 26.2 Å². The maximum Gasteiger partial charge on any atom is 0.267 e. The fourth-order valence-corrected chi connectivity index (χ4v) is 3.63. The molecule has 2 heterocycles. The molecule has 0 radical (unpaired) electrons. The van der Waals surface area contributed by atoms with Crippen LogP contribution >= 0.6 is 22.9 Å². The third kappa shape index (κ3) is 3.37. The third-order valence-corrected chi connectivity index (χ3v) is 5.21. The zero-order valence-corrected chi connectivity index (χ0v) is 14.9. The van der Waals surface area contributed by atoms with Gasteiger partial charge >= 0.3 is 0 Å². The van der Waals surface area contributed by atoms with Gasteiger partial charge in [0.2, 0.25) is 0 Å². The molecule has 24 heavy (non-hydrogen) atoms. The summed E-state index contributed by atoms with van der Waals surface area (Å²) in [6.07, 6.45) is 3.16. The maximum atomic E-state index is 12.5. The fraction of sp³-hybridized carbons (Fsp3) is 0.222. The second kappa shape index (κ2) is 7.20. The molecule has 0 atom stereocenters. The van der Waals surface area contributed by atoms with E-state index in [1.807, 2.05) is 24.3 Å². The monoisotopic (exact) mass is 359 g/mol. The summed E-state index contributed by atoms with van der Waals surface area (Å²) in [4.78, 5) is 18.4. The molecule has 0 unspecified atom stereocenters. The lowest BCUT2D eigenvalue weighted by molar-refractivity contribution is 0.103. The summed E-state index contributed by atoms with van der Waals surface area (Å²) in [6, 6.07) is 11.0. The molecule has 2 aromatic heterocycles. The van der Waals surface area contributed by atoms with Crippen molar-refractivity contribution >= 4 is 50.4 Å². The van der Waals surface area contributed by atoms with Crippen molar-refractivity contribution in [3.05, 3.63) is 52.0 Å². The van der Waals surface area contributed by atoms with Gasteiger partial charge in [0.1, 0.15) is 9.71 Å². The van der Waals surface area contributed by atoms with Crippen molar-refractivity contribution < 1.29 is 4.79 Å². The van der Waals surface area contributed by atoms with Gasteiger partial charge in [0.05, 0.1) is 16.4 Å². The number of pyridine rings is 1. The number of aryl methyl sites for hydroxylation is 1. The van der Waals surface area contributed by atoms with Crippen LogP contribution in [0.5, 0.6) is 0 Å². The van der Waals surface area contributed by atoms with Crippen LogP contribution in [0.3, 0.4) is 0 Å².